The van der Waals surface area contributed by atoms with Gasteiger partial charge in [0, 0.05) is 12.4 Å². The average Bonchev–Trinajstić information content (AvgIpc) is 2.05. The molecule has 2 rings (SSSR count). The van der Waals surface area contributed by atoms with E-state index < -0.39 is 0 Å². The first kappa shape index (κ1) is 8.02. The Morgan fingerprint density at radius 2 is 1.73 bits per heavy atom. The van der Waals surface area contributed by atoms with Gasteiger partial charge >= 0.3 is 1.43 Å². The fraction of sp³-hybridized carbons (Fsp3) is 0. The smallest absolute Gasteiger partial charge is 0.264 e. The summed E-state index contributed by atoms with van der Waals surface area (Å²) >= 11 is 0. The summed E-state index contributed by atoms with van der Waals surface area (Å²) in [6.07, 6.45) is 3.68. The van der Waals surface area contributed by atoms with Crippen LogP contribution in [0.2, 0.25) is 0 Å². The van der Waals surface area contributed by atoms with Crippen LogP contribution in [0.5, 0.6) is 0 Å². The van der Waals surface area contributed by atoms with E-state index in [4.69, 9.17) is 0 Å². The maximum atomic E-state index is 4.01. The van der Waals surface area contributed by atoms with E-state index in [1.54, 1.807) is 0 Å². The van der Waals surface area contributed by atoms with E-state index >= 15 is 0 Å². The Balaban J connectivity index is 0.000000605. The Kier molecular flexibility index (Phi) is 2.44. The number of pyridine rings is 1. The fourth-order valence-corrected chi connectivity index (χ4v) is 1.03. The van der Waals surface area contributed by atoms with Crippen LogP contribution in [-0.2, 0) is 0 Å². The predicted molar refractivity (Wildman–Crippen MR) is 50.1 cm³/mol. The molecule has 0 aliphatic heterocycles. The van der Waals surface area contributed by atoms with Crippen LogP contribution >= 0.6 is 12.4 Å². The topological polar surface area (TPSA) is 12.9 Å². The molecule has 1 nitrogen and oxygen atoms in total. The number of hydrogen-bond donors (Lipinski definition) is 0. The highest BCUT2D eigenvalue weighted by Gasteiger charge is 1.86. The number of hydrogen-bond acceptors (Lipinski definition) is 1. The molecule has 0 bridgehead atoms. The van der Waals surface area contributed by atoms with Gasteiger partial charge in [-0.3, -0.25) is 4.98 Å². The maximum Gasteiger partial charge on any atom is 1.00 e. The van der Waals surface area contributed by atoms with Crippen molar-refractivity contribution in [2.45, 2.75) is 0 Å². The molecule has 0 fully saturated rings. The lowest BCUT2D eigenvalue weighted by atomic mass is 10.2. The van der Waals surface area contributed by atoms with Crippen molar-refractivity contribution in [1.29, 1.82) is 0 Å². The van der Waals surface area contributed by atoms with E-state index in [9.17, 15) is 0 Å². The Morgan fingerprint density at radius 3 is 2.45 bits per heavy atom. The highest BCUT2D eigenvalue weighted by atomic mass is 35.5. The zero-order valence-corrected chi connectivity index (χ0v) is 6.71. The minimum absolute atomic E-state index is 0. The van der Waals surface area contributed by atoms with E-state index in [2.05, 4.69) is 17.1 Å². The average molecular weight is 167 g/mol. The van der Waals surface area contributed by atoms with Crippen LogP contribution < -0.4 is 0 Å². The van der Waals surface area contributed by atoms with Gasteiger partial charge < -0.3 is 0 Å². The van der Waals surface area contributed by atoms with Crippen molar-refractivity contribution in [2.24, 2.45) is 0 Å². The molecule has 0 atom stereocenters. The van der Waals surface area contributed by atoms with E-state index in [0.29, 0.717) is 0 Å². The molecule has 0 aliphatic rings. The first-order valence-electron chi connectivity index (χ1n) is 3.25. The zero-order chi connectivity index (χ0) is 6.81. The Labute approximate surface area is 73.0 Å². The normalized spacial score (nSPS) is 9.09. The van der Waals surface area contributed by atoms with Crippen molar-refractivity contribution in [2.75, 3.05) is 0 Å². The van der Waals surface area contributed by atoms with Crippen molar-refractivity contribution in [3.8, 4) is 0 Å². The standard InChI is InChI=1S/C9H7N.ClH/c1-2-4-9-7-10-6-5-8(9)3-1;/h1-7H;1H/p+1. The predicted octanol–water partition coefficient (Wildman–Crippen LogP) is 2.77. The quantitative estimate of drug-likeness (QED) is 0.587. The molecule has 1 heterocycles. The third kappa shape index (κ3) is 1.49. The van der Waals surface area contributed by atoms with Crippen molar-refractivity contribution < 1.29 is 1.43 Å². The van der Waals surface area contributed by atoms with Gasteiger partial charge in [-0.2, -0.15) is 0 Å². The van der Waals surface area contributed by atoms with Crippen LogP contribution in [0.3, 0.4) is 0 Å². The molecule has 0 aliphatic carbocycles. The van der Waals surface area contributed by atoms with Gasteiger partial charge in [0.2, 0.25) is 0 Å². The van der Waals surface area contributed by atoms with Gasteiger partial charge in [-0.05, 0) is 16.8 Å². The molecule has 0 saturated heterocycles. The summed E-state index contributed by atoms with van der Waals surface area (Å²) < 4.78 is 0. The number of nitrogens with zero attached hydrogens (tertiary/aromatic N) is 1. The molecule has 0 N–H and O–H groups in total. The van der Waals surface area contributed by atoms with Gasteiger partial charge in [0.05, 0.1) is 0 Å². The summed E-state index contributed by atoms with van der Waals surface area (Å²) in [5.74, 6) is 0. The van der Waals surface area contributed by atoms with Crippen LogP contribution in [0, 0.1) is 0 Å². The molecule has 0 unspecified atom stereocenters. The maximum absolute atomic E-state index is 4.01. The summed E-state index contributed by atoms with van der Waals surface area (Å²) in [4.78, 5) is 4.01. The molecule has 0 radical (unpaired) electrons. The molecule has 1 aromatic heterocycles. The lowest BCUT2D eigenvalue weighted by molar-refractivity contribution is 1.36. The first-order chi connectivity index (χ1) is 4.97. The van der Waals surface area contributed by atoms with E-state index in [-0.39, 0.29) is 13.8 Å². The molecule has 56 valence electrons. The van der Waals surface area contributed by atoms with Crippen LogP contribution in [0.4, 0.5) is 0 Å². The number of aromatic nitrogens is 1. The Morgan fingerprint density at radius 1 is 1.00 bits per heavy atom. The van der Waals surface area contributed by atoms with Gasteiger partial charge in [-0.1, -0.05) is 24.3 Å². The van der Waals surface area contributed by atoms with Gasteiger partial charge in [-0.25, -0.2) is 0 Å². The third-order valence-corrected chi connectivity index (χ3v) is 1.55. The molecular weight excluding hydrogens is 158 g/mol. The van der Waals surface area contributed by atoms with E-state index in [1.165, 1.54) is 10.8 Å². The molecule has 0 saturated carbocycles. The van der Waals surface area contributed by atoms with Gasteiger partial charge in [-0.15, -0.1) is 12.4 Å². The van der Waals surface area contributed by atoms with Crippen LogP contribution in [-0.4, -0.2) is 4.98 Å². The van der Waals surface area contributed by atoms with Crippen LogP contribution in [0.15, 0.2) is 42.7 Å². The fourth-order valence-electron chi connectivity index (χ4n) is 1.03. The SMILES string of the molecule is Cl.[H+].c1ccc2cnccc2c1. The zero-order valence-electron chi connectivity index (χ0n) is 6.90. The molecule has 1 aromatic carbocycles. The van der Waals surface area contributed by atoms with Crippen molar-refractivity contribution >= 4 is 23.2 Å². The second-order valence-corrected chi connectivity index (χ2v) is 2.22. The highest BCUT2D eigenvalue weighted by Crippen LogP contribution is 2.09. The largest absolute Gasteiger partial charge is 1.00 e. The molecule has 2 heteroatoms. The first-order valence-corrected chi connectivity index (χ1v) is 3.25. The monoisotopic (exact) mass is 166 g/mol. The summed E-state index contributed by atoms with van der Waals surface area (Å²) in [5, 5.41) is 2.45. The van der Waals surface area contributed by atoms with Gasteiger partial charge in [0.25, 0.3) is 0 Å². The van der Waals surface area contributed by atoms with Crippen LogP contribution in [0.25, 0.3) is 10.8 Å². The number of fused-ring (bicyclic) bond motifs is 1. The summed E-state index contributed by atoms with van der Waals surface area (Å²) in [6.45, 7) is 0. The van der Waals surface area contributed by atoms with Crippen molar-refractivity contribution in [1.82, 2.24) is 4.98 Å². The molecule has 0 amide bonds. The number of rotatable bonds is 0. The molecule has 0 spiro atoms. The summed E-state index contributed by atoms with van der Waals surface area (Å²) in [5.41, 5.74) is 0. The lowest BCUT2D eigenvalue weighted by Crippen LogP contribution is -1.71. The third-order valence-electron chi connectivity index (χ3n) is 1.55. The minimum Gasteiger partial charge on any atom is -0.264 e. The van der Waals surface area contributed by atoms with Crippen molar-refractivity contribution in [3.63, 3.8) is 0 Å². The van der Waals surface area contributed by atoms with E-state index in [0.717, 1.165) is 0 Å². The second-order valence-electron chi connectivity index (χ2n) is 2.22. The lowest BCUT2D eigenvalue weighted by Gasteiger charge is -1.91. The highest BCUT2D eigenvalue weighted by molar-refractivity contribution is 5.85. The summed E-state index contributed by atoms with van der Waals surface area (Å²) in [6, 6.07) is 10.2. The minimum atomic E-state index is 0. The number of halogens is 1. The van der Waals surface area contributed by atoms with Gasteiger partial charge in [0.1, 0.15) is 0 Å². The van der Waals surface area contributed by atoms with Crippen molar-refractivity contribution in [3.05, 3.63) is 42.7 Å². The Bertz CT molecular complexity index is 286. The number of benzene rings is 1. The second kappa shape index (κ2) is 3.35. The van der Waals surface area contributed by atoms with Gasteiger partial charge in [0.15, 0.2) is 0 Å². The molecule has 11 heavy (non-hydrogen) atoms. The Hall–Kier alpha value is -1.08. The molecule has 2 aromatic rings. The summed E-state index contributed by atoms with van der Waals surface area (Å²) in [7, 11) is 0. The molecular formula is C9H9ClN+. The van der Waals surface area contributed by atoms with Crippen LogP contribution in [0.1, 0.15) is 1.43 Å². The van der Waals surface area contributed by atoms with E-state index in [1.807, 2.05) is 30.6 Å².